The van der Waals surface area contributed by atoms with Gasteiger partial charge in [0.15, 0.2) is 5.96 Å². The van der Waals surface area contributed by atoms with Crippen LogP contribution in [0.15, 0.2) is 34.3 Å². The first-order chi connectivity index (χ1) is 11.5. The number of unbranched alkanes of at least 4 members (excludes halogenated alkanes) is 5. The third-order valence-corrected chi connectivity index (χ3v) is 4.01. The zero-order chi connectivity index (χ0) is 17.8. The van der Waals surface area contributed by atoms with Crippen molar-refractivity contribution in [2.24, 2.45) is 21.5 Å². The fourth-order valence-electron chi connectivity index (χ4n) is 2.35. The van der Waals surface area contributed by atoms with Crippen LogP contribution in [0.2, 0.25) is 0 Å². The van der Waals surface area contributed by atoms with E-state index in [-0.39, 0.29) is 5.96 Å². The molecule has 0 atom stereocenters. The molecule has 0 aliphatic carbocycles. The van der Waals surface area contributed by atoms with Gasteiger partial charge in [-0.3, -0.25) is 0 Å². The van der Waals surface area contributed by atoms with Gasteiger partial charge >= 0.3 is 0 Å². The predicted molar refractivity (Wildman–Crippen MR) is 104 cm³/mol. The zero-order valence-electron chi connectivity index (χ0n) is 15.5. The molecular weight excluding hydrogens is 298 g/mol. The molecule has 1 aromatic rings. The quantitative estimate of drug-likeness (QED) is 0.413. The van der Waals surface area contributed by atoms with E-state index in [2.05, 4.69) is 36.0 Å². The lowest BCUT2D eigenvalue weighted by atomic mass is 10.1. The lowest BCUT2D eigenvalue weighted by Crippen LogP contribution is -2.36. The van der Waals surface area contributed by atoms with Crippen LogP contribution in [0.25, 0.3) is 0 Å². The van der Waals surface area contributed by atoms with Crippen LogP contribution in [0.1, 0.15) is 56.6 Å². The average molecular weight is 332 g/mol. The molecule has 1 aromatic carbocycles. The number of benzene rings is 1. The van der Waals surface area contributed by atoms with Gasteiger partial charge in [-0.2, -0.15) is 4.99 Å². The number of guanidine groups is 2. The minimum absolute atomic E-state index is 0.225. The fourth-order valence-corrected chi connectivity index (χ4v) is 2.35. The van der Waals surface area contributed by atoms with Crippen molar-refractivity contribution < 1.29 is 0 Å². The molecule has 5 heteroatoms. The van der Waals surface area contributed by atoms with Gasteiger partial charge in [-0.15, -0.1) is 0 Å². The molecule has 0 aliphatic rings. The largest absolute Gasteiger partial charge is 0.369 e. The highest BCUT2D eigenvalue weighted by Gasteiger charge is 2.02. The van der Waals surface area contributed by atoms with Crippen molar-refractivity contribution in [3.8, 4) is 0 Å². The third kappa shape index (κ3) is 8.56. The van der Waals surface area contributed by atoms with E-state index in [0.717, 1.165) is 18.5 Å². The first-order valence-corrected chi connectivity index (χ1v) is 8.93. The number of nitrogens with zero attached hydrogens (tertiary/aromatic N) is 3. The number of aliphatic imine (C=N–C) groups is 2. The molecule has 5 nitrogen and oxygen atoms in total. The Morgan fingerprint density at radius 1 is 1.00 bits per heavy atom. The Labute approximate surface area is 146 Å². The Bertz CT molecular complexity index is 519. The number of rotatable bonds is 9. The molecule has 0 radical (unpaired) electrons. The van der Waals surface area contributed by atoms with Crippen molar-refractivity contribution >= 4 is 11.9 Å². The minimum Gasteiger partial charge on any atom is -0.369 e. The number of nitrogens with two attached hydrogens (primary N) is 2. The lowest BCUT2D eigenvalue weighted by Gasteiger charge is -2.17. The van der Waals surface area contributed by atoms with Crippen LogP contribution < -0.4 is 11.5 Å². The zero-order valence-corrected chi connectivity index (χ0v) is 15.5. The molecule has 0 saturated carbocycles. The molecule has 0 bridgehead atoms. The fraction of sp³-hybridized carbons (Fsp3) is 0.579. The molecule has 0 aromatic heterocycles. The maximum atomic E-state index is 5.98. The van der Waals surface area contributed by atoms with Crippen molar-refractivity contribution in [3.63, 3.8) is 0 Å². The van der Waals surface area contributed by atoms with Gasteiger partial charge in [-0.1, -0.05) is 68.9 Å². The normalized spacial score (nSPS) is 12.5. The van der Waals surface area contributed by atoms with Gasteiger partial charge in [0.25, 0.3) is 0 Å². The van der Waals surface area contributed by atoms with Gasteiger partial charge in [-0.05, 0) is 18.9 Å². The van der Waals surface area contributed by atoms with Crippen LogP contribution in [0.4, 0.5) is 0 Å². The van der Waals surface area contributed by atoms with E-state index < -0.39 is 0 Å². The van der Waals surface area contributed by atoms with Crippen LogP contribution >= 0.6 is 0 Å². The number of aryl methyl sites for hydroxylation is 1. The second-order valence-corrected chi connectivity index (χ2v) is 6.32. The second kappa shape index (κ2) is 11.5. The van der Waals surface area contributed by atoms with Gasteiger partial charge in [0.05, 0.1) is 6.54 Å². The summed E-state index contributed by atoms with van der Waals surface area (Å²) in [5.74, 6) is 0.650. The van der Waals surface area contributed by atoms with Crippen molar-refractivity contribution in [1.29, 1.82) is 0 Å². The van der Waals surface area contributed by atoms with Crippen LogP contribution in [-0.4, -0.2) is 30.4 Å². The molecule has 0 unspecified atom stereocenters. The average Bonchev–Trinajstić information content (AvgIpc) is 2.57. The molecule has 0 spiro atoms. The summed E-state index contributed by atoms with van der Waals surface area (Å²) in [5.41, 5.74) is 14.2. The maximum absolute atomic E-state index is 5.98. The van der Waals surface area contributed by atoms with Gasteiger partial charge < -0.3 is 16.4 Å². The molecule has 0 amide bonds. The lowest BCUT2D eigenvalue weighted by molar-refractivity contribution is 0.462. The maximum Gasteiger partial charge on any atom is 0.218 e. The highest BCUT2D eigenvalue weighted by Crippen LogP contribution is 2.06. The Hall–Kier alpha value is -2.04. The molecule has 0 aliphatic heterocycles. The van der Waals surface area contributed by atoms with Crippen molar-refractivity contribution in [2.75, 3.05) is 13.6 Å². The summed E-state index contributed by atoms with van der Waals surface area (Å²) in [4.78, 5) is 10.4. The Morgan fingerprint density at radius 3 is 2.29 bits per heavy atom. The number of hydrogen-bond donors (Lipinski definition) is 2. The van der Waals surface area contributed by atoms with Gasteiger partial charge in [-0.25, -0.2) is 4.99 Å². The summed E-state index contributed by atoms with van der Waals surface area (Å²) >= 11 is 0. The smallest absolute Gasteiger partial charge is 0.218 e. The summed E-state index contributed by atoms with van der Waals surface area (Å²) in [5, 5.41) is 0. The van der Waals surface area contributed by atoms with Crippen molar-refractivity contribution in [3.05, 3.63) is 35.4 Å². The summed E-state index contributed by atoms with van der Waals surface area (Å²) < 4.78 is 0. The Kier molecular flexibility index (Phi) is 9.58. The topological polar surface area (TPSA) is 80.0 Å². The van der Waals surface area contributed by atoms with E-state index in [0.29, 0.717) is 12.5 Å². The molecule has 24 heavy (non-hydrogen) atoms. The van der Waals surface area contributed by atoms with Crippen LogP contribution in [0, 0.1) is 6.92 Å². The molecule has 0 fully saturated rings. The highest BCUT2D eigenvalue weighted by molar-refractivity contribution is 5.93. The second-order valence-electron chi connectivity index (χ2n) is 6.32. The van der Waals surface area contributed by atoms with E-state index in [1.165, 1.54) is 37.7 Å². The van der Waals surface area contributed by atoms with E-state index in [1.54, 1.807) is 0 Å². The van der Waals surface area contributed by atoms with Crippen LogP contribution in [0.3, 0.4) is 0 Å². The van der Waals surface area contributed by atoms with E-state index in [9.17, 15) is 0 Å². The van der Waals surface area contributed by atoms with Gasteiger partial charge in [0.1, 0.15) is 0 Å². The summed E-state index contributed by atoms with van der Waals surface area (Å²) in [6.45, 7) is 5.71. The molecule has 0 saturated heterocycles. The highest BCUT2D eigenvalue weighted by atomic mass is 15.3. The van der Waals surface area contributed by atoms with E-state index in [4.69, 9.17) is 11.5 Å². The Morgan fingerprint density at radius 2 is 1.62 bits per heavy atom. The van der Waals surface area contributed by atoms with E-state index >= 15 is 0 Å². The van der Waals surface area contributed by atoms with Crippen molar-refractivity contribution in [2.45, 2.75) is 58.9 Å². The Balaban J connectivity index is 2.36. The molecule has 1 rings (SSSR count). The third-order valence-electron chi connectivity index (χ3n) is 4.01. The first-order valence-electron chi connectivity index (χ1n) is 8.93. The van der Waals surface area contributed by atoms with Crippen LogP contribution in [0.5, 0.6) is 0 Å². The molecule has 4 N–H and O–H groups in total. The van der Waals surface area contributed by atoms with Crippen molar-refractivity contribution in [1.82, 2.24) is 4.90 Å². The molecule has 134 valence electrons. The standard InChI is InChI=1S/C19H33N5/c1-4-5-6-7-8-9-14-24(3)19(21)23-18(20)22-15-17-12-10-16(2)11-13-17/h10-13H,4-9,14-15H2,1-3H3,(H4,20,21,22,23). The molecular formula is C19H33N5. The number of hydrogen-bond acceptors (Lipinski definition) is 1. The summed E-state index contributed by atoms with van der Waals surface area (Å²) in [7, 11) is 1.94. The summed E-state index contributed by atoms with van der Waals surface area (Å²) in [6.07, 6.45) is 7.57. The minimum atomic E-state index is 0.225. The monoisotopic (exact) mass is 331 g/mol. The van der Waals surface area contributed by atoms with Gasteiger partial charge in [0, 0.05) is 13.6 Å². The van der Waals surface area contributed by atoms with Crippen LogP contribution in [-0.2, 0) is 6.54 Å². The molecule has 0 heterocycles. The predicted octanol–water partition coefficient (Wildman–Crippen LogP) is 3.42. The SMILES string of the molecule is CCCCCCCCN(C)C(N)=NC(N)=NCc1ccc(C)cc1. The first kappa shape index (κ1) is 20.0. The van der Waals surface area contributed by atoms with Gasteiger partial charge in [0.2, 0.25) is 5.96 Å². The van der Waals surface area contributed by atoms with E-state index in [1.807, 2.05) is 24.1 Å². The summed E-state index contributed by atoms with van der Waals surface area (Å²) in [6, 6.07) is 8.22.